The van der Waals surface area contributed by atoms with Crippen LogP contribution in [0.25, 0.3) is 0 Å². The number of nitrogens with one attached hydrogen (secondary N) is 1. The minimum absolute atomic E-state index is 0.0645. The van der Waals surface area contributed by atoms with Crippen LogP contribution in [0, 0.1) is 17.3 Å². The van der Waals surface area contributed by atoms with Gasteiger partial charge >= 0.3 is 5.97 Å². The van der Waals surface area contributed by atoms with Crippen molar-refractivity contribution >= 4 is 23.0 Å². The number of carbonyl (C=O) groups is 1. The van der Waals surface area contributed by atoms with Gasteiger partial charge in [0.05, 0.1) is 29.9 Å². The zero-order valence-corrected chi connectivity index (χ0v) is 15.6. The molecule has 4 nitrogen and oxygen atoms in total. The van der Waals surface area contributed by atoms with E-state index in [0.29, 0.717) is 10.9 Å². The van der Waals surface area contributed by atoms with E-state index < -0.39 is 0 Å². The molecule has 2 aliphatic rings. The van der Waals surface area contributed by atoms with Crippen LogP contribution in [-0.4, -0.2) is 31.3 Å². The molecule has 1 aromatic rings. The first-order valence-electron chi connectivity index (χ1n) is 8.46. The summed E-state index contributed by atoms with van der Waals surface area (Å²) in [6, 6.07) is 2.36. The molecule has 0 radical (unpaired) electrons. The van der Waals surface area contributed by atoms with E-state index in [9.17, 15) is 4.79 Å². The molecule has 0 aromatic carbocycles. The lowest BCUT2D eigenvalue weighted by atomic mass is 9.86. The van der Waals surface area contributed by atoms with Crippen LogP contribution in [0.2, 0.25) is 0 Å². The number of methoxy groups -OCH3 is 1. The summed E-state index contributed by atoms with van der Waals surface area (Å²) in [4.78, 5) is 13.6. The molecular weight excluding hydrogens is 322 g/mol. The first-order valence-corrected chi connectivity index (χ1v) is 9.28. The van der Waals surface area contributed by atoms with E-state index in [1.165, 1.54) is 18.4 Å². The van der Waals surface area contributed by atoms with E-state index >= 15 is 0 Å². The average Bonchev–Trinajstić information content (AvgIpc) is 3.17. The molecule has 2 heterocycles. The molecule has 0 bridgehead atoms. The van der Waals surface area contributed by atoms with Gasteiger partial charge in [-0.05, 0) is 52.5 Å². The third kappa shape index (κ3) is 4.12. The summed E-state index contributed by atoms with van der Waals surface area (Å²) in [6.07, 6.45) is 4.33. The number of carbonyl (C=O) groups excluding carboxylic acids is 1. The Kier molecular flexibility index (Phi) is 4.63. The fraction of sp³-hybridized carbons (Fsp3) is 0.632. The van der Waals surface area contributed by atoms with Crippen LogP contribution < -0.4 is 5.32 Å². The molecule has 5 heteroatoms. The molecular formula is C19H25NO3S. The largest absolute Gasteiger partial charge is 0.465 e. The fourth-order valence-corrected chi connectivity index (χ4v) is 3.85. The number of esters is 1. The predicted molar refractivity (Wildman–Crippen MR) is 96.6 cm³/mol. The van der Waals surface area contributed by atoms with Crippen molar-refractivity contribution in [2.24, 2.45) is 5.41 Å². The standard InChI is InChI=1S/C19H25NO3S/c1-18(2,3)8-7-14-11-15(16(24-14)17(21)22-4)20-13-5-9-19(10-6-13)12-23-19/h11,13,20H,5-6,9-10,12H2,1-4H3. The Labute approximate surface area is 147 Å². The number of thiophene rings is 1. The molecule has 0 unspecified atom stereocenters. The van der Waals surface area contributed by atoms with Crippen LogP contribution in [0.15, 0.2) is 6.07 Å². The monoisotopic (exact) mass is 347 g/mol. The Morgan fingerprint density at radius 3 is 2.62 bits per heavy atom. The van der Waals surface area contributed by atoms with Crippen LogP contribution in [0.4, 0.5) is 5.69 Å². The molecule has 1 aliphatic heterocycles. The molecule has 1 spiro atoms. The Bertz CT molecular complexity index is 676. The fourth-order valence-electron chi connectivity index (χ4n) is 2.95. The number of hydrogen-bond donors (Lipinski definition) is 1. The van der Waals surface area contributed by atoms with Crippen molar-refractivity contribution in [3.05, 3.63) is 15.8 Å². The average molecular weight is 347 g/mol. The molecule has 1 saturated carbocycles. The van der Waals surface area contributed by atoms with Crippen LogP contribution in [0.1, 0.15) is 61.0 Å². The summed E-state index contributed by atoms with van der Waals surface area (Å²) in [5.41, 5.74) is 0.967. The Morgan fingerprint density at radius 1 is 1.42 bits per heavy atom. The molecule has 2 fully saturated rings. The lowest BCUT2D eigenvalue weighted by Crippen LogP contribution is -2.30. The highest BCUT2D eigenvalue weighted by molar-refractivity contribution is 7.15. The highest BCUT2D eigenvalue weighted by Crippen LogP contribution is 2.42. The van der Waals surface area contributed by atoms with Crippen molar-refractivity contribution in [2.75, 3.05) is 19.0 Å². The van der Waals surface area contributed by atoms with Gasteiger partial charge in [0.25, 0.3) is 0 Å². The molecule has 130 valence electrons. The zero-order valence-electron chi connectivity index (χ0n) is 14.8. The second-order valence-electron chi connectivity index (χ2n) is 7.74. The van der Waals surface area contributed by atoms with Gasteiger partial charge < -0.3 is 14.8 Å². The second-order valence-corrected chi connectivity index (χ2v) is 8.79. The third-order valence-corrected chi connectivity index (χ3v) is 5.50. The highest BCUT2D eigenvalue weighted by Gasteiger charge is 2.46. The van der Waals surface area contributed by atoms with Gasteiger partial charge in [-0.25, -0.2) is 4.79 Å². The number of epoxide rings is 1. The molecule has 0 atom stereocenters. The van der Waals surface area contributed by atoms with Gasteiger partial charge in [-0.1, -0.05) is 11.8 Å². The zero-order chi connectivity index (χ0) is 17.4. The summed E-state index contributed by atoms with van der Waals surface area (Å²) in [5.74, 6) is 6.11. The first kappa shape index (κ1) is 17.3. The van der Waals surface area contributed by atoms with Crippen LogP contribution >= 0.6 is 11.3 Å². The quantitative estimate of drug-likeness (QED) is 0.509. The maximum absolute atomic E-state index is 12.1. The van der Waals surface area contributed by atoms with Crippen molar-refractivity contribution in [3.8, 4) is 11.8 Å². The lowest BCUT2D eigenvalue weighted by Gasteiger charge is -2.27. The Balaban J connectivity index is 1.75. The summed E-state index contributed by atoms with van der Waals surface area (Å²) < 4.78 is 10.5. The van der Waals surface area contributed by atoms with Crippen LogP contribution in [0.5, 0.6) is 0 Å². The third-order valence-electron chi connectivity index (χ3n) is 4.47. The van der Waals surface area contributed by atoms with Gasteiger partial charge in [-0.15, -0.1) is 11.3 Å². The molecule has 1 aromatic heterocycles. The van der Waals surface area contributed by atoms with E-state index in [1.807, 2.05) is 6.07 Å². The molecule has 24 heavy (non-hydrogen) atoms. The number of ether oxygens (including phenoxy) is 2. The normalized spacial score (nSPS) is 25.8. The van der Waals surface area contributed by atoms with Gasteiger partial charge in [-0.2, -0.15) is 0 Å². The van der Waals surface area contributed by atoms with Crippen LogP contribution in [-0.2, 0) is 9.47 Å². The van der Waals surface area contributed by atoms with E-state index in [0.717, 1.165) is 42.9 Å². The smallest absolute Gasteiger partial charge is 0.350 e. The molecule has 3 rings (SSSR count). The number of rotatable bonds is 3. The van der Waals surface area contributed by atoms with Crippen molar-refractivity contribution in [1.29, 1.82) is 0 Å². The molecule has 0 amide bonds. The van der Waals surface area contributed by atoms with Gasteiger partial charge in [-0.3, -0.25) is 0 Å². The maximum Gasteiger partial charge on any atom is 0.350 e. The molecule has 1 N–H and O–H groups in total. The summed E-state index contributed by atoms with van der Waals surface area (Å²) in [7, 11) is 1.42. The summed E-state index contributed by atoms with van der Waals surface area (Å²) in [6.45, 7) is 7.14. The molecule has 1 saturated heterocycles. The molecule has 1 aliphatic carbocycles. The SMILES string of the molecule is COC(=O)c1sc(C#CC(C)(C)C)cc1NC1CCC2(CC1)CO2. The summed E-state index contributed by atoms with van der Waals surface area (Å²) >= 11 is 1.40. The van der Waals surface area contributed by atoms with E-state index in [2.05, 4.69) is 37.9 Å². The highest BCUT2D eigenvalue weighted by atomic mass is 32.1. The number of anilines is 1. The van der Waals surface area contributed by atoms with Gasteiger partial charge in [0.2, 0.25) is 0 Å². The van der Waals surface area contributed by atoms with Crippen molar-refractivity contribution in [1.82, 2.24) is 0 Å². The minimum Gasteiger partial charge on any atom is -0.465 e. The van der Waals surface area contributed by atoms with E-state index in [1.54, 1.807) is 0 Å². The van der Waals surface area contributed by atoms with Crippen molar-refractivity contribution < 1.29 is 14.3 Å². The van der Waals surface area contributed by atoms with Crippen molar-refractivity contribution in [2.45, 2.75) is 58.1 Å². The summed E-state index contributed by atoms with van der Waals surface area (Å²) in [5, 5.41) is 3.53. The topological polar surface area (TPSA) is 50.9 Å². The Morgan fingerprint density at radius 2 is 2.08 bits per heavy atom. The van der Waals surface area contributed by atoms with Crippen LogP contribution in [0.3, 0.4) is 0 Å². The lowest BCUT2D eigenvalue weighted by molar-refractivity contribution is 0.0607. The van der Waals surface area contributed by atoms with Gasteiger partial charge in [0.1, 0.15) is 4.88 Å². The van der Waals surface area contributed by atoms with Gasteiger partial charge in [0, 0.05) is 11.5 Å². The van der Waals surface area contributed by atoms with E-state index in [-0.39, 0.29) is 17.0 Å². The minimum atomic E-state index is -0.302. The Hall–Kier alpha value is -1.51. The number of hydrogen-bond acceptors (Lipinski definition) is 5. The van der Waals surface area contributed by atoms with Gasteiger partial charge in [0.15, 0.2) is 0 Å². The predicted octanol–water partition coefficient (Wildman–Crippen LogP) is 4.06. The first-order chi connectivity index (χ1) is 11.3. The second kappa shape index (κ2) is 6.42. The van der Waals surface area contributed by atoms with Crippen molar-refractivity contribution in [3.63, 3.8) is 0 Å². The maximum atomic E-state index is 12.1. The van der Waals surface area contributed by atoms with E-state index in [4.69, 9.17) is 9.47 Å².